The summed E-state index contributed by atoms with van der Waals surface area (Å²) in [6.07, 6.45) is 6.97. The molecule has 1 fully saturated rings. The highest BCUT2D eigenvalue weighted by Gasteiger charge is 2.36. The Bertz CT molecular complexity index is 691. The summed E-state index contributed by atoms with van der Waals surface area (Å²) in [5, 5.41) is 3.00. The summed E-state index contributed by atoms with van der Waals surface area (Å²) >= 11 is 0. The molecule has 1 aromatic heterocycles. The number of nitrogens with one attached hydrogen (secondary N) is 1. The highest BCUT2D eigenvalue weighted by molar-refractivity contribution is 5.91. The number of rotatable bonds is 6. The molecule has 2 aromatic rings. The molecule has 128 valence electrons. The second kappa shape index (κ2) is 6.95. The van der Waals surface area contributed by atoms with Crippen molar-refractivity contribution in [3.05, 3.63) is 42.1 Å². The normalized spacial score (nSPS) is 15.9. The van der Waals surface area contributed by atoms with E-state index in [0.717, 1.165) is 31.2 Å². The zero-order valence-corrected chi connectivity index (χ0v) is 14.0. The van der Waals surface area contributed by atoms with Gasteiger partial charge in [-0.25, -0.2) is 4.98 Å². The van der Waals surface area contributed by atoms with Gasteiger partial charge in [-0.05, 0) is 30.5 Å². The number of nitrogens with zero attached hydrogens (tertiary/aromatic N) is 1. The van der Waals surface area contributed by atoms with Crippen LogP contribution in [0.1, 0.15) is 41.7 Å². The lowest BCUT2D eigenvalue weighted by Gasteiger charge is -2.30. The molecule has 1 amide bonds. The van der Waals surface area contributed by atoms with Gasteiger partial charge in [-0.1, -0.05) is 18.9 Å². The Hall–Kier alpha value is -2.50. The summed E-state index contributed by atoms with van der Waals surface area (Å²) in [7, 11) is 3.26. The molecule has 1 aromatic carbocycles. The van der Waals surface area contributed by atoms with Crippen LogP contribution in [0.3, 0.4) is 0 Å². The van der Waals surface area contributed by atoms with Crippen LogP contribution in [0.15, 0.2) is 35.3 Å². The first kappa shape index (κ1) is 16.4. The lowest BCUT2D eigenvalue weighted by Crippen LogP contribution is -2.39. The number of hydrogen-bond donors (Lipinski definition) is 1. The van der Waals surface area contributed by atoms with E-state index < -0.39 is 0 Å². The van der Waals surface area contributed by atoms with Crippen molar-refractivity contribution >= 4 is 5.91 Å². The van der Waals surface area contributed by atoms with E-state index in [2.05, 4.69) is 16.4 Å². The Kier molecular flexibility index (Phi) is 4.74. The fraction of sp³-hybridized carbons (Fsp3) is 0.444. The molecule has 24 heavy (non-hydrogen) atoms. The first-order valence-electron chi connectivity index (χ1n) is 8.07. The van der Waals surface area contributed by atoms with Gasteiger partial charge in [-0.15, -0.1) is 0 Å². The van der Waals surface area contributed by atoms with Crippen LogP contribution in [0.4, 0.5) is 0 Å². The molecule has 1 saturated carbocycles. The molecule has 6 nitrogen and oxygen atoms in total. The number of oxazole rings is 1. The van der Waals surface area contributed by atoms with Crippen molar-refractivity contribution in [3.8, 4) is 11.5 Å². The molecule has 6 heteroatoms. The fourth-order valence-electron chi connectivity index (χ4n) is 3.45. The number of carbonyl (C=O) groups excluding carboxylic acids is 1. The van der Waals surface area contributed by atoms with Gasteiger partial charge in [0.15, 0.2) is 23.6 Å². The van der Waals surface area contributed by atoms with Crippen LogP contribution in [0.25, 0.3) is 0 Å². The highest BCUT2D eigenvalue weighted by Crippen LogP contribution is 2.43. The van der Waals surface area contributed by atoms with Gasteiger partial charge in [0, 0.05) is 12.0 Å². The number of ether oxygens (including phenoxy) is 2. The molecule has 0 radical (unpaired) electrons. The van der Waals surface area contributed by atoms with E-state index in [-0.39, 0.29) is 11.3 Å². The van der Waals surface area contributed by atoms with Crippen LogP contribution < -0.4 is 14.8 Å². The molecule has 3 rings (SSSR count). The monoisotopic (exact) mass is 330 g/mol. The number of amides is 1. The minimum Gasteiger partial charge on any atom is -0.493 e. The summed E-state index contributed by atoms with van der Waals surface area (Å²) in [6.45, 7) is 0.564. The van der Waals surface area contributed by atoms with Gasteiger partial charge in [0.1, 0.15) is 6.26 Å². The lowest BCUT2D eigenvalue weighted by atomic mass is 9.78. The van der Waals surface area contributed by atoms with Crippen molar-refractivity contribution in [1.29, 1.82) is 0 Å². The van der Waals surface area contributed by atoms with Crippen molar-refractivity contribution in [2.24, 2.45) is 0 Å². The van der Waals surface area contributed by atoms with Crippen molar-refractivity contribution < 1.29 is 18.7 Å². The molecular formula is C18H22N2O4. The largest absolute Gasteiger partial charge is 0.493 e. The van der Waals surface area contributed by atoms with E-state index in [1.165, 1.54) is 12.7 Å². The molecule has 0 unspecified atom stereocenters. The molecule has 0 aliphatic heterocycles. The second-order valence-corrected chi connectivity index (χ2v) is 6.11. The van der Waals surface area contributed by atoms with E-state index in [1.807, 2.05) is 12.1 Å². The molecule has 0 saturated heterocycles. The van der Waals surface area contributed by atoms with Crippen molar-refractivity contribution in [1.82, 2.24) is 10.3 Å². The standard InChI is InChI=1S/C18H22N2O4/c1-22-15-6-5-13(9-16(15)23-2)18(7-3-4-8-18)11-19-17(21)14-10-24-12-20-14/h5-6,9-10,12H,3-4,7-8,11H2,1-2H3,(H,19,21). The van der Waals surface area contributed by atoms with E-state index in [9.17, 15) is 4.79 Å². The predicted molar refractivity (Wildman–Crippen MR) is 88.5 cm³/mol. The third kappa shape index (κ3) is 3.09. The summed E-state index contributed by atoms with van der Waals surface area (Å²) < 4.78 is 15.6. The Morgan fingerprint density at radius 2 is 2.00 bits per heavy atom. The van der Waals surface area contributed by atoms with Gasteiger partial charge < -0.3 is 19.2 Å². The molecule has 0 atom stereocenters. The summed E-state index contributed by atoms with van der Waals surface area (Å²) in [4.78, 5) is 16.1. The molecule has 1 aliphatic carbocycles. The van der Waals surface area contributed by atoms with E-state index in [4.69, 9.17) is 13.9 Å². The van der Waals surface area contributed by atoms with Crippen molar-refractivity contribution in [3.63, 3.8) is 0 Å². The maximum absolute atomic E-state index is 12.2. The number of hydrogen-bond acceptors (Lipinski definition) is 5. The van der Waals surface area contributed by atoms with Gasteiger partial charge in [0.2, 0.25) is 0 Å². The van der Waals surface area contributed by atoms with Gasteiger partial charge in [-0.2, -0.15) is 0 Å². The maximum atomic E-state index is 12.2. The fourth-order valence-corrected chi connectivity index (χ4v) is 3.45. The van der Waals surface area contributed by atoms with Gasteiger partial charge in [0.25, 0.3) is 5.91 Å². The zero-order valence-electron chi connectivity index (χ0n) is 14.0. The molecule has 1 N–H and O–H groups in total. The zero-order chi connectivity index (χ0) is 17.0. The number of benzene rings is 1. The summed E-state index contributed by atoms with van der Waals surface area (Å²) in [5.74, 6) is 1.21. The molecule has 0 spiro atoms. The first-order valence-corrected chi connectivity index (χ1v) is 8.07. The number of methoxy groups -OCH3 is 2. The third-order valence-corrected chi connectivity index (χ3v) is 4.81. The van der Waals surface area contributed by atoms with Crippen LogP contribution in [0.2, 0.25) is 0 Å². The van der Waals surface area contributed by atoms with Gasteiger partial charge >= 0.3 is 0 Å². The minimum absolute atomic E-state index is 0.0844. The average molecular weight is 330 g/mol. The third-order valence-electron chi connectivity index (χ3n) is 4.81. The van der Waals surface area contributed by atoms with E-state index in [0.29, 0.717) is 23.7 Å². The Balaban J connectivity index is 1.82. The summed E-state index contributed by atoms with van der Waals surface area (Å²) in [6, 6.07) is 6.01. The molecular weight excluding hydrogens is 308 g/mol. The number of aromatic nitrogens is 1. The van der Waals surface area contributed by atoms with E-state index in [1.54, 1.807) is 14.2 Å². The van der Waals surface area contributed by atoms with Crippen molar-refractivity contribution in [2.75, 3.05) is 20.8 Å². The van der Waals surface area contributed by atoms with Crippen LogP contribution in [-0.4, -0.2) is 31.7 Å². The topological polar surface area (TPSA) is 73.6 Å². The van der Waals surface area contributed by atoms with Crippen LogP contribution in [0.5, 0.6) is 11.5 Å². The van der Waals surface area contributed by atoms with Crippen LogP contribution in [-0.2, 0) is 5.41 Å². The lowest BCUT2D eigenvalue weighted by molar-refractivity contribution is 0.0938. The Morgan fingerprint density at radius 1 is 1.25 bits per heavy atom. The van der Waals surface area contributed by atoms with Crippen LogP contribution >= 0.6 is 0 Å². The minimum atomic E-state index is -0.212. The predicted octanol–water partition coefficient (Wildman–Crippen LogP) is 2.93. The average Bonchev–Trinajstić information content (AvgIpc) is 3.31. The van der Waals surface area contributed by atoms with Crippen molar-refractivity contribution in [2.45, 2.75) is 31.1 Å². The van der Waals surface area contributed by atoms with E-state index >= 15 is 0 Å². The molecule has 0 bridgehead atoms. The quantitative estimate of drug-likeness (QED) is 0.881. The number of carbonyl (C=O) groups is 1. The molecule has 1 heterocycles. The highest BCUT2D eigenvalue weighted by atomic mass is 16.5. The van der Waals surface area contributed by atoms with Crippen LogP contribution in [0, 0.1) is 0 Å². The van der Waals surface area contributed by atoms with Gasteiger partial charge in [-0.3, -0.25) is 4.79 Å². The summed E-state index contributed by atoms with van der Waals surface area (Å²) in [5.41, 5.74) is 1.38. The second-order valence-electron chi connectivity index (χ2n) is 6.11. The Labute approximate surface area is 141 Å². The smallest absolute Gasteiger partial charge is 0.273 e. The maximum Gasteiger partial charge on any atom is 0.273 e. The SMILES string of the molecule is COc1ccc(C2(CNC(=O)c3cocn3)CCCC2)cc1OC. The Morgan fingerprint density at radius 3 is 2.62 bits per heavy atom. The molecule has 1 aliphatic rings. The first-order chi connectivity index (χ1) is 11.7. The van der Waals surface area contributed by atoms with Gasteiger partial charge in [0.05, 0.1) is 14.2 Å².